The summed E-state index contributed by atoms with van der Waals surface area (Å²) in [6, 6.07) is 0. The van der Waals surface area contributed by atoms with Crippen LogP contribution in [-0.2, 0) is 4.74 Å². The first-order valence-corrected chi connectivity index (χ1v) is 21.6. The Morgan fingerprint density at radius 2 is 0.636 bits per heavy atom. The molecule has 0 heterocycles. The maximum atomic E-state index is 6.79. The van der Waals surface area contributed by atoms with Crippen LogP contribution in [0.15, 0.2) is 0 Å². The lowest BCUT2D eigenvalue weighted by atomic mass is 9.85. The number of unbranched alkanes of at least 4 members (excludes halogenated alkanes) is 28. The fourth-order valence-electron chi connectivity index (χ4n) is 7.05. The normalized spacial score (nSPS) is 12.8. The lowest BCUT2D eigenvalue weighted by molar-refractivity contribution is 0.00997. The van der Waals surface area contributed by atoms with Crippen molar-refractivity contribution >= 4 is 9.24 Å². The molecule has 0 rings (SSSR count). The zero-order chi connectivity index (χ0) is 32.2. The van der Waals surface area contributed by atoms with Crippen molar-refractivity contribution in [1.29, 1.82) is 0 Å². The van der Waals surface area contributed by atoms with Crippen LogP contribution < -0.4 is 0 Å². The zero-order valence-corrected chi connectivity index (χ0v) is 32.7. The van der Waals surface area contributed by atoms with E-state index >= 15 is 0 Å². The number of rotatable bonds is 38. The van der Waals surface area contributed by atoms with Crippen LogP contribution in [0.2, 0.25) is 0 Å². The molecule has 2 heteroatoms. The summed E-state index contributed by atoms with van der Waals surface area (Å²) in [5.41, 5.74) is 0. The van der Waals surface area contributed by atoms with E-state index in [-0.39, 0.29) is 5.16 Å². The molecule has 0 fully saturated rings. The van der Waals surface area contributed by atoms with Crippen molar-refractivity contribution in [3.8, 4) is 0 Å². The summed E-state index contributed by atoms with van der Waals surface area (Å²) >= 11 is 0. The molecule has 266 valence electrons. The Morgan fingerprint density at radius 1 is 0.364 bits per heavy atom. The summed E-state index contributed by atoms with van der Waals surface area (Å²) in [6.07, 6.45) is 49.7. The summed E-state index contributed by atoms with van der Waals surface area (Å²) in [7, 11) is 3.44. The van der Waals surface area contributed by atoms with E-state index < -0.39 is 0 Å². The van der Waals surface area contributed by atoms with Gasteiger partial charge in [-0.3, -0.25) is 0 Å². The van der Waals surface area contributed by atoms with Gasteiger partial charge in [0.2, 0.25) is 0 Å². The van der Waals surface area contributed by atoms with Crippen molar-refractivity contribution < 1.29 is 4.74 Å². The predicted molar refractivity (Wildman–Crippen MR) is 206 cm³/mol. The molecule has 2 atom stereocenters. The Balaban J connectivity index is 4.72. The van der Waals surface area contributed by atoms with Crippen LogP contribution in [-0.4, -0.2) is 17.9 Å². The molecule has 1 nitrogen and oxygen atoms in total. The molecule has 0 bridgehead atoms. The Hall–Kier alpha value is 0.390. The fourth-order valence-corrected chi connectivity index (χ4v) is 7.73. The first kappa shape index (κ1) is 44.4. The second kappa shape index (κ2) is 36.2. The van der Waals surface area contributed by atoms with Crippen LogP contribution >= 0.6 is 9.24 Å². The third kappa shape index (κ3) is 29.8. The Morgan fingerprint density at radius 3 is 0.955 bits per heavy atom. The molecule has 0 aromatic carbocycles. The average Bonchev–Trinajstić information content (AvgIpc) is 3.03. The number of hydrogen-bond donors (Lipinski definition) is 0. The van der Waals surface area contributed by atoms with Crippen LogP contribution in [0.5, 0.6) is 0 Å². The molecule has 0 amide bonds. The Bertz CT molecular complexity index is 496. The summed E-state index contributed by atoms with van der Waals surface area (Å²) in [5, 5.41) is 0.285. The van der Waals surface area contributed by atoms with Crippen LogP contribution in [0, 0.1) is 0 Å². The SMILES string of the molecule is CCCCCCCCCCCCC(OCCCC)C(P)(CCCCCCCCCCCC)CCCCCCCCCCCC. The Kier molecular flexibility index (Phi) is 36.6. The van der Waals surface area contributed by atoms with Gasteiger partial charge in [0, 0.05) is 11.8 Å². The van der Waals surface area contributed by atoms with Gasteiger partial charge in [-0.15, -0.1) is 9.24 Å². The van der Waals surface area contributed by atoms with E-state index in [4.69, 9.17) is 4.74 Å². The predicted octanol–water partition coefficient (Wildman–Crippen LogP) is 15.7. The maximum absolute atomic E-state index is 6.79. The lowest BCUT2D eigenvalue weighted by Crippen LogP contribution is -2.39. The highest BCUT2D eigenvalue weighted by atomic mass is 31.0. The molecule has 0 aliphatic carbocycles. The van der Waals surface area contributed by atoms with Crippen LogP contribution in [0.4, 0.5) is 0 Å². The van der Waals surface area contributed by atoms with Crippen molar-refractivity contribution in [2.75, 3.05) is 6.61 Å². The molecule has 2 unspecified atom stereocenters. The third-order valence-electron chi connectivity index (χ3n) is 10.3. The molecule has 0 N–H and O–H groups in total. The molecular formula is C42H87OP. The highest BCUT2D eigenvalue weighted by Gasteiger charge is 2.34. The second-order valence-corrected chi connectivity index (χ2v) is 15.9. The van der Waals surface area contributed by atoms with Gasteiger partial charge < -0.3 is 4.74 Å². The minimum Gasteiger partial charge on any atom is -0.377 e. The smallest absolute Gasteiger partial charge is 0.0665 e. The van der Waals surface area contributed by atoms with Gasteiger partial charge in [-0.25, -0.2) is 0 Å². The van der Waals surface area contributed by atoms with Gasteiger partial charge in [0.15, 0.2) is 0 Å². The van der Waals surface area contributed by atoms with Crippen LogP contribution in [0.1, 0.15) is 252 Å². The highest BCUT2D eigenvalue weighted by molar-refractivity contribution is 7.19. The number of hydrogen-bond acceptors (Lipinski definition) is 1. The molecular weight excluding hydrogens is 551 g/mol. The summed E-state index contributed by atoms with van der Waals surface area (Å²) in [6.45, 7) is 10.2. The average molecular weight is 639 g/mol. The molecule has 0 radical (unpaired) electrons. The van der Waals surface area contributed by atoms with Gasteiger partial charge in [-0.2, -0.15) is 0 Å². The fraction of sp³-hybridized carbons (Fsp3) is 1.00. The van der Waals surface area contributed by atoms with E-state index in [1.165, 1.54) is 225 Å². The first-order chi connectivity index (χ1) is 21.6. The lowest BCUT2D eigenvalue weighted by Gasteiger charge is -2.38. The maximum Gasteiger partial charge on any atom is 0.0665 e. The van der Waals surface area contributed by atoms with Crippen LogP contribution in [0.25, 0.3) is 0 Å². The van der Waals surface area contributed by atoms with E-state index in [2.05, 4.69) is 36.9 Å². The molecule has 0 aliphatic rings. The van der Waals surface area contributed by atoms with Crippen molar-refractivity contribution in [2.45, 2.75) is 264 Å². The minimum absolute atomic E-state index is 0.285. The number of ether oxygens (including phenoxy) is 1. The topological polar surface area (TPSA) is 9.23 Å². The van der Waals surface area contributed by atoms with Gasteiger partial charge in [-0.05, 0) is 25.7 Å². The summed E-state index contributed by atoms with van der Waals surface area (Å²) < 4.78 is 6.79. The van der Waals surface area contributed by atoms with Gasteiger partial charge in [0.1, 0.15) is 0 Å². The van der Waals surface area contributed by atoms with Crippen molar-refractivity contribution in [3.05, 3.63) is 0 Å². The van der Waals surface area contributed by atoms with Gasteiger partial charge in [0.05, 0.1) is 6.10 Å². The molecule has 0 aromatic heterocycles. The van der Waals surface area contributed by atoms with E-state index in [1.54, 1.807) is 0 Å². The molecule has 44 heavy (non-hydrogen) atoms. The first-order valence-electron chi connectivity index (χ1n) is 21.0. The van der Waals surface area contributed by atoms with Crippen molar-refractivity contribution in [2.24, 2.45) is 0 Å². The molecule has 0 spiro atoms. The highest BCUT2D eigenvalue weighted by Crippen LogP contribution is 2.39. The van der Waals surface area contributed by atoms with Gasteiger partial charge >= 0.3 is 0 Å². The molecule has 0 saturated heterocycles. The monoisotopic (exact) mass is 639 g/mol. The second-order valence-electron chi connectivity index (χ2n) is 14.8. The van der Waals surface area contributed by atoms with Crippen molar-refractivity contribution in [1.82, 2.24) is 0 Å². The van der Waals surface area contributed by atoms with E-state index in [9.17, 15) is 0 Å². The van der Waals surface area contributed by atoms with E-state index in [1.807, 2.05) is 0 Å². The van der Waals surface area contributed by atoms with E-state index in [0.717, 1.165) is 6.61 Å². The Labute approximate surface area is 283 Å². The quantitative estimate of drug-likeness (QED) is 0.0483. The zero-order valence-electron chi connectivity index (χ0n) is 31.5. The van der Waals surface area contributed by atoms with Crippen LogP contribution in [0.3, 0.4) is 0 Å². The summed E-state index contributed by atoms with van der Waals surface area (Å²) in [4.78, 5) is 0. The largest absolute Gasteiger partial charge is 0.377 e. The van der Waals surface area contributed by atoms with Crippen molar-refractivity contribution in [3.63, 3.8) is 0 Å². The van der Waals surface area contributed by atoms with Gasteiger partial charge in [0.25, 0.3) is 0 Å². The minimum atomic E-state index is 0.285. The van der Waals surface area contributed by atoms with E-state index in [0.29, 0.717) is 6.10 Å². The third-order valence-corrected chi connectivity index (χ3v) is 11.2. The molecule has 0 aliphatic heterocycles. The molecule has 0 saturated carbocycles. The molecule has 0 aromatic rings. The van der Waals surface area contributed by atoms with Gasteiger partial charge in [-0.1, -0.05) is 227 Å². The summed E-state index contributed by atoms with van der Waals surface area (Å²) in [5.74, 6) is 0. The standard InChI is InChI=1S/C42H87OP/c1-5-9-13-16-19-22-25-28-31-34-37-41(43-40-12-8-4)42(44,38-35-32-29-26-23-20-17-14-10-6-2)39-36-33-30-27-24-21-18-15-11-7-3/h41H,5-40,44H2,1-4H3.